The third kappa shape index (κ3) is 6.28. The minimum absolute atomic E-state index is 0.125. The molecule has 3 heterocycles. The van der Waals surface area contributed by atoms with E-state index in [0.717, 1.165) is 65.3 Å². The lowest BCUT2D eigenvalue weighted by Gasteiger charge is -2.18. The fourth-order valence-corrected chi connectivity index (χ4v) is 8.01. The Bertz CT molecular complexity index is 2420. The van der Waals surface area contributed by atoms with Gasteiger partial charge >= 0.3 is 0 Å². The molecule has 272 valence electrons. The first-order valence-corrected chi connectivity index (χ1v) is 18.6. The summed E-state index contributed by atoms with van der Waals surface area (Å²) in [5.41, 5.74) is 4.41. The summed E-state index contributed by atoms with van der Waals surface area (Å²) < 4.78 is 0. The fraction of sp³-hybridized carbons (Fsp3) is 0.106. The number of hydrogen-bond acceptors (Lipinski definition) is 6. The number of benzene rings is 6. The highest BCUT2D eigenvalue weighted by Gasteiger charge is 2.21. The molecule has 0 fully saturated rings. The van der Waals surface area contributed by atoms with Gasteiger partial charge < -0.3 is 16.0 Å². The number of aromatic nitrogens is 2. The van der Waals surface area contributed by atoms with Crippen LogP contribution in [0.4, 0.5) is 0 Å². The number of rotatable bonds is 0. The van der Waals surface area contributed by atoms with Crippen LogP contribution in [0.5, 0.6) is 0 Å². The molecule has 9 rings (SSSR count). The van der Waals surface area contributed by atoms with E-state index in [1.807, 2.05) is 97.1 Å². The largest absolute Gasteiger partial charge is 0.347 e. The zero-order chi connectivity index (χ0) is 38.2. The number of amides is 3. The minimum atomic E-state index is -0.411. The third-order valence-electron chi connectivity index (χ3n) is 10.7. The molecular weight excluding hydrogens is 699 g/mol. The molecule has 0 unspecified atom stereocenters. The van der Waals surface area contributed by atoms with Crippen molar-refractivity contribution < 1.29 is 19.2 Å². The molecule has 8 bridgehead atoms. The topological polar surface area (TPSA) is 130 Å². The molecule has 0 atom stereocenters. The lowest BCUT2D eigenvalue weighted by molar-refractivity contribution is 0.0929. The number of hydrogen-bond donors (Lipinski definition) is 3. The molecule has 1 aliphatic rings. The van der Waals surface area contributed by atoms with E-state index in [9.17, 15) is 19.2 Å². The van der Waals surface area contributed by atoms with E-state index in [0.29, 0.717) is 6.42 Å². The summed E-state index contributed by atoms with van der Waals surface area (Å²) >= 11 is 0. The van der Waals surface area contributed by atoms with Gasteiger partial charge in [0.2, 0.25) is 0 Å². The van der Waals surface area contributed by atoms with Crippen LogP contribution in [0.15, 0.2) is 133 Å². The number of nitrogens with one attached hydrogen (secondary N) is 3. The Morgan fingerprint density at radius 2 is 0.607 bits per heavy atom. The number of nitrogens with zero attached hydrogens (tertiary/aromatic N) is 2. The zero-order valence-electron chi connectivity index (χ0n) is 30.3. The smallest absolute Gasteiger partial charge is 0.270 e. The number of aryl methyl sites for hydroxylation is 1. The van der Waals surface area contributed by atoms with Gasteiger partial charge in [0.1, 0.15) is 22.8 Å². The molecule has 9 heteroatoms. The molecule has 3 N–H and O–H groups in total. The molecule has 3 amide bonds. The van der Waals surface area contributed by atoms with Gasteiger partial charge in [0.05, 0.1) is 0 Å². The van der Waals surface area contributed by atoms with Crippen molar-refractivity contribution in [2.45, 2.75) is 32.5 Å². The molecule has 56 heavy (non-hydrogen) atoms. The van der Waals surface area contributed by atoms with Gasteiger partial charge in [-0.05, 0) is 96.0 Å². The predicted molar refractivity (Wildman–Crippen MR) is 218 cm³/mol. The van der Waals surface area contributed by atoms with Gasteiger partial charge in [-0.15, -0.1) is 0 Å². The predicted octanol–water partition coefficient (Wildman–Crippen LogP) is 8.01. The van der Waals surface area contributed by atoms with Gasteiger partial charge in [0.25, 0.3) is 17.7 Å². The van der Waals surface area contributed by atoms with E-state index < -0.39 is 11.8 Å². The van der Waals surface area contributed by atoms with Gasteiger partial charge in [0, 0.05) is 26.1 Å². The van der Waals surface area contributed by atoms with Gasteiger partial charge in [-0.25, -0.2) is 9.97 Å². The normalized spacial score (nSPS) is 14.3. The van der Waals surface area contributed by atoms with Gasteiger partial charge in [-0.2, -0.15) is 0 Å². The summed E-state index contributed by atoms with van der Waals surface area (Å²) in [4.78, 5) is 63.7. The van der Waals surface area contributed by atoms with Crippen LogP contribution < -0.4 is 16.0 Å². The van der Waals surface area contributed by atoms with Crippen molar-refractivity contribution in [1.29, 1.82) is 0 Å². The average Bonchev–Trinajstić information content (AvgIpc) is 3.25. The van der Waals surface area contributed by atoms with Crippen molar-refractivity contribution in [3.63, 3.8) is 0 Å². The molecule has 1 aliphatic heterocycles. The first-order valence-electron chi connectivity index (χ1n) is 18.6. The maximum atomic E-state index is 13.8. The Hall–Kier alpha value is -7.26. The van der Waals surface area contributed by atoms with E-state index in [2.05, 4.69) is 25.9 Å². The number of carbonyl (C=O) groups excluding carboxylic acids is 4. The van der Waals surface area contributed by atoms with E-state index in [4.69, 9.17) is 0 Å². The molecular formula is C47H35N5O4. The second-order valence-electron chi connectivity index (χ2n) is 13.9. The summed E-state index contributed by atoms with van der Waals surface area (Å²) in [6.07, 6.45) is 0.627. The number of ketones is 1. The van der Waals surface area contributed by atoms with Gasteiger partial charge in [-0.3, -0.25) is 19.2 Å². The SMILES string of the molecule is O=C1CCc2c3ccccc3c(c3ccccc23)CNC(=O)c2cccc(n2)C(=O)NCc2c3ccccc3c(c3ccccc23)CNC(=O)c2cccc1n2. The molecule has 0 radical (unpaired) electrons. The quantitative estimate of drug-likeness (QED) is 0.136. The first-order chi connectivity index (χ1) is 27.4. The molecule has 0 saturated carbocycles. The highest BCUT2D eigenvalue weighted by atomic mass is 16.2. The Labute approximate surface area is 321 Å². The van der Waals surface area contributed by atoms with Crippen molar-refractivity contribution in [2.75, 3.05) is 0 Å². The Kier molecular flexibility index (Phi) is 8.95. The summed E-state index contributed by atoms with van der Waals surface area (Å²) in [5.74, 6) is -1.37. The highest BCUT2D eigenvalue weighted by molar-refractivity contribution is 6.08. The van der Waals surface area contributed by atoms with Crippen molar-refractivity contribution in [3.8, 4) is 0 Å². The van der Waals surface area contributed by atoms with Crippen LogP contribution >= 0.6 is 0 Å². The Morgan fingerprint density at radius 1 is 0.321 bits per heavy atom. The molecule has 0 spiro atoms. The third-order valence-corrected chi connectivity index (χ3v) is 10.7. The second-order valence-corrected chi connectivity index (χ2v) is 13.9. The Balaban J connectivity index is 1.14. The standard InChI is InChI=1S/C47H35N5O4/c53-44-24-23-36-28-11-1-3-13-30(28)37(31-14-4-2-12-29(31)36)25-49-46(55)42-21-10-22-43(52-42)47(56)50-27-39-34-17-7-5-15-32(34)38(33-16-6-8-18-35(33)39)26-48-45(54)41-20-9-19-40(44)51-41/h1-22H,23-27H2,(H,48,54)(H,49,55)(H,50,56). The van der Waals surface area contributed by atoms with Crippen LogP contribution in [0.3, 0.4) is 0 Å². The van der Waals surface area contributed by atoms with Crippen LogP contribution in [0.2, 0.25) is 0 Å². The van der Waals surface area contributed by atoms with Crippen molar-refractivity contribution in [1.82, 2.24) is 25.9 Å². The maximum Gasteiger partial charge on any atom is 0.270 e. The van der Waals surface area contributed by atoms with Crippen molar-refractivity contribution in [3.05, 3.63) is 178 Å². The van der Waals surface area contributed by atoms with Crippen LogP contribution in [-0.2, 0) is 26.1 Å². The van der Waals surface area contributed by atoms with E-state index in [1.54, 1.807) is 36.4 Å². The van der Waals surface area contributed by atoms with Gasteiger partial charge in [-0.1, -0.05) is 109 Å². The lowest BCUT2D eigenvalue weighted by Crippen LogP contribution is -2.27. The monoisotopic (exact) mass is 733 g/mol. The van der Waals surface area contributed by atoms with Crippen LogP contribution in [0.1, 0.15) is 70.6 Å². The van der Waals surface area contributed by atoms with Crippen molar-refractivity contribution >= 4 is 66.6 Å². The molecule has 8 aromatic rings. The van der Waals surface area contributed by atoms with Crippen LogP contribution in [-0.4, -0.2) is 33.5 Å². The van der Waals surface area contributed by atoms with E-state index in [1.165, 1.54) is 0 Å². The molecule has 9 nitrogen and oxygen atoms in total. The maximum absolute atomic E-state index is 13.8. The fourth-order valence-electron chi connectivity index (χ4n) is 8.01. The number of Topliss-reactive ketones (excluding diaryl/α,β-unsaturated/α-hetero) is 1. The van der Waals surface area contributed by atoms with Crippen LogP contribution in [0, 0.1) is 0 Å². The zero-order valence-corrected chi connectivity index (χ0v) is 30.3. The Morgan fingerprint density at radius 3 is 0.946 bits per heavy atom. The van der Waals surface area contributed by atoms with Gasteiger partial charge in [0.15, 0.2) is 5.78 Å². The number of pyridine rings is 2. The lowest BCUT2D eigenvalue weighted by atomic mass is 9.89. The number of carbonyl (C=O) groups is 4. The van der Waals surface area contributed by atoms with Crippen molar-refractivity contribution in [2.24, 2.45) is 0 Å². The average molecular weight is 734 g/mol. The summed E-state index contributed by atoms with van der Waals surface area (Å²) in [6.45, 7) is 0.624. The molecule has 0 saturated heterocycles. The van der Waals surface area contributed by atoms with E-state index >= 15 is 0 Å². The van der Waals surface area contributed by atoms with Crippen LogP contribution in [0.25, 0.3) is 43.1 Å². The molecule has 2 aromatic heterocycles. The summed E-state index contributed by atoms with van der Waals surface area (Å²) in [5, 5.41) is 16.7. The first kappa shape index (κ1) is 34.5. The molecule has 0 aliphatic carbocycles. The van der Waals surface area contributed by atoms with E-state index in [-0.39, 0.29) is 60.5 Å². The molecule has 6 aromatic carbocycles. The highest BCUT2D eigenvalue weighted by Crippen LogP contribution is 2.35. The summed E-state index contributed by atoms with van der Waals surface area (Å²) in [7, 11) is 0. The second kappa shape index (κ2) is 14.5. The minimum Gasteiger partial charge on any atom is -0.347 e. The number of fused-ring (bicyclic) bond motifs is 10. The summed E-state index contributed by atoms with van der Waals surface area (Å²) in [6, 6.07) is 41.6.